The van der Waals surface area contributed by atoms with Crippen molar-refractivity contribution in [2.75, 3.05) is 20.2 Å². The molecule has 1 amide bonds. The number of carbonyl (C=O) groups is 1. The highest BCUT2D eigenvalue weighted by Crippen LogP contribution is 2.25. The molecule has 0 N–H and O–H groups in total. The van der Waals surface area contributed by atoms with Gasteiger partial charge in [-0.2, -0.15) is 0 Å². The number of thiophene rings is 1. The van der Waals surface area contributed by atoms with Gasteiger partial charge in [-0.3, -0.25) is 14.2 Å². The molecule has 2 heterocycles. The summed E-state index contributed by atoms with van der Waals surface area (Å²) in [4.78, 5) is 33.0. The molecule has 0 fully saturated rings. The van der Waals surface area contributed by atoms with Crippen LogP contribution in [-0.4, -0.2) is 40.6 Å². The Morgan fingerprint density at radius 3 is 2.55 bits per heavy atom. The summed E-state index contributed by atoms with van der Waals surface area (Å²) in [5.41, 5.74) is 3.20. The van der Waals surface area contributed by atoms with Gasteiger partial charge in [0.2, 0.25) is 5.91 Å². The molecular formula is C22H27N3O3S. The zero-order chi connectivity index (χ0) is 21.1. The molecule has 0 spiro atoms. The summed E-state index contributed by atoms with van der Waals surface area (Å²) in [5, 5.41) is 0.664. The highest BCUT2D eigenvalue weighted by atomic mass is 32.1. The van der Waals surface area contributed by atoms with E-state index in [-0.39, 0.29) is 17.9 Å². The number of hydrogen-bond acceptors (Lipinski definition) is 5. The SMILES string of the molecule is Cc1cc(C)cc(OCCN(C)C(=O)CCn2cnc3sc(C)c(C)c3c2=O)c1. The van der Waals surface area contributed by atoms with E-state index in [1.807, 2.05) is 39.8 Å². The summed E-state index contributed by atoms with van der Waals surface area (Å²) >= 11 is 1.53. The molecule has 3 rings (SSSR count). The van der Waals surface area contributed by atoms with E-state index in [1.165, 1.54) is 22.2 Å². The Morgan fingerprint density at radius 1 is 1.17 bits per heavy atom. The largest absolute Gasteiger partial charge is 0.492 e. The van der Waals surface area contributed by atoms with Crippen LogP contribution in [0.2, 0.25) is 0 Å². The number of ether oxygens (including phenoxy) is 1. The van der Waals surface area contributed by atoms with Crippen molar-refractivity contribution in [1.82, 2.24) is 14.5 Å². The molecule has 29 heavy (non-hydrogen) atoms. The summed E-state index contributed by atoms with van der Waals surface area (Å²) in [6.07, 6.45) is 1.78. The summed E-state index contributed by atoms with van der Waals surface area (Å²) < 4.78 is 7.30. The second-order valence-electron chi connectivity index (χ2n) is 7.44. The average Bonchev–Trinajstić information content (AvgIpc) is 2.94. The van der Waals surface area contributed by atoms with E-state index in [9.17, 15) is 9.59 Å². The molecule has 0 aliphatic carbocycles. The van der Waals surface area contributed by atoms with Gasteiger partial charge in [-0.1, -0.05) is 6.07 Å². The molecule has 0 aliphatic rings. The van der Waals surface area contributed by atoms with Crippen LogP contribution in [0, 0.1) is 27.7 Å². The fourth-order valence-electron chi connectivity index (χ4n) is 3.28. The van der Waals surface area contributed by atoms with Crippen molar-refractivity contribution in [3.05, 3.63) is 56.4 Å². The van der Waals surface area contributed by atoms with E-state index in [1.54, 1.807) is 11.9 Å². The number of carbonyl (C=O) groups excluding carboxylic acids is 1. The Labute approximate surface area is 174 Å². The third-order valence-corrected chi connectivity index (χ3v) is 6.15. The highest BCUT2D eigenvalue weighted by Gasteiger charge is 2.14. The van der Waals surface area contributed by atoms with E-state index >= 15 is 0 Å². The van der Waals surface area contributed by atoms with Gasteiger partial charge >= 0.3 is 0 Å². The van der Waals surface area contributed by atoms with Gasteiger partial charge < -0.3 is 9.64 Å². The zero-order valence-corrected chi connectivity index (χ0v) is 18.4. The van der Waals surface area contributed by atoms with Crippen LogP contribution < -0.4 is 10.3 Å². The van der Waals surface area contributed by atoms with Gasteiger partial charge in [0.1, 0.15) is 17.2 Å². The van der Waals surface area contributed by atoms with Crippen LogP contribution >= 0.6 is 11.3 Å². The number of fused-ring (bicyclic) bond motifs is 1. The van der Waals surface area contributed by atoms with Gasteiger partial charge in [0, 0.05) is 24.9 Å². The van der Waals surface area contributed by atoms with Crippen molar-refractivity contribution in [1.29, 1.82) is 0 Å². The molecular weight excluding hydrogens is 386 g/mol. The van der Waals surface area contributed by atoms with Gasteiger partial charge in [-0.05, 0) is 56.5 Å². The summed E-state index contributed by atoms with van der Waals surface area (Å²) in [6.45, 7) is 9.22. The molecule has 0 atom stereocenters. The minimum Gasteiger partial charge on any atom is -0.492 e. The van der Waals surface area contributed by atoms with Crippen LogP contribution in [0.25, 0.3) is 10.2 Å². The fourth-order valence-corrected chi connectivity index (χ4v) is 4.27. The van der Waals surface area contributed by atoms with Crippen LogP contribution in [0.15, 0.2) is 29.3 Å². The zero-order valence-electron chi connectivity index (χ0n) is 17.6. The predicted molar refractivity (Wildman–Crippen MR) is 117 cm³/mol. The van der Waals surface area contributed by atoms with Crippen molar-refractivity contribution >= 4 is 27.5 Å². The van der Waals surface area contributed by atoms with Crippen LogP contribution in [0.5, 0.6) is 5.75 Å². The minimum atomic E-state index is -0.0783. The number of hydrogen-bond donors (Lipinski definition) is 0. The van der Waals surface area contributed by atoms with Gasteiger partial charge in [0.05, 0.1) is 18.3 Å². The Kier molecular flexibility index (Phi) is 6.37. The Morgan fingerprint density at radius 2 is 1.86 bits per heavy atom. The highest BCUT2D eigenvalue weighted by molar-refractivity contribution is 7.18. The van der Waals surface area contributed by atoms with Crippen LogP contribution in [0.3, 0.4) is 0 Å². The lowest BCUT2D eigenvalue weighted by molar-refractivity contribution is -0.130. The van der Waals surface area contributed by atoms with E-state index in [0.29, 0.717) is 25.1 Å². The molecule has 7 heteroatoms. The molecule has 0 bridgehead atoms. The molecule has 2 aromatic heterocycles. The molecule has 0 unspecified atom stereocenters. The van der Waals surface area contributed by atoms with Crippen molar-refractivity contribution in [2.45, 2.75) is 40.7 Å². The normalized spacial score (nSPS) is 11.1. The predicted octanol–water partition coefficient (Wildman–Crippen LogP) is 3.62. The Hall–Kier alpha value is -2.67. The first kappa shape index (κ1) is 21.0. The first-order valence-electron chi connectivity index (χ1n) is 9.66. The maximum absolute atomic E-state index is 12.7. The lowest BCUT2D eigenvalue weighted by atomic mass is 10.1. The van der Waals surface area contributed by atoms with Crippen molar-refractivity contribution in [3.63, 3.8) is 0 Å². The second-order valence-corrected chi connectivity index (χ2v) is 8.65. The maximum Gasteiger partial charge on any atom is 0.262 e. The first-order chi connectivity index (χ1) is 13.8. The summed E-state index contributed by atoms with van der Waals surface area (Å²) in [7, 11) is 1.75. The lowest BCUT2D eigenvalue weighted by Crippen LogP contribution is -2.32. The Balaban J connectivity index is 1.55. The lowest BCUT2D eigenvalue weighted by Gasteiger charge is -2.18. The maximum atomic E-state index is 12.7. The standard InChI is InChI=1S/C22H27N3O3S/c1-14-10-15(2)12-18(11-14)28-9-8-24(5)19(26)6-7-25-13-23-21-20(22(25)27)16(3)17(4)29-21/h10-13H,6-9H2,1-5H3. The van der Waals surface area contributed by atoms with Crippen LogP contribution in [0.4, 0.5) is 0 Å². The minimum absolute atomic E-state index is 0.0285. The molecule has 3 aromatic rings. The van der Waals surface area contributed by atoms with E-state index < -0.39 is 0 Å². The molecule has 0 saturated heterocycles. The number of amides is 1. The second kappa shape index (κ2) is 8.78. The van der Waals surface area contributed by atoms with E-state index in [2.05, 4.69) is 11.1 Å². The third-order valence-electron chi connectivity index (χ3n) is 5.04. The van der Waals surface area contributed by atoms with Crippen LogP contribution in [0.1, 0.15) is 28.0 Å². The van der Waals surface area contributed by atoms with Crippen molar-refractivity contribution in [3.8, 4) is 5.75 Å². The monoisotopic (exact) mass is 413 g/mol. The van der Waals surface area contributed by atoms with Gasteiger partial charge in [0.25, 0.3) is 5.56 Å². The number of aromatic nitrogens is 2. The smallest absolute Gasteiger partial charge is 0.262 e. The molecule has 6 nitrogen and oxygen atoms in total. The average molecular weight is 414 g/mol. The van der Waals surface area contributed by atoms with Gasteiger partial charge in [-0.15, -0.1) is 11.3 Å². The van der Waals surface area contributed by atoms with Gasteiger partial charge in [0.15, 0.2) is 0 Å². The van der Waals surface area contributed by atoms with Crippen molar-refractivity contribution < 1.29 is 9.53 Å². The quantitative estimate of drug-likeness (QED) is 0.593. The van der Waals surface area contributed by atoms with Crippen LogP contribution in [-0.2, 0) is 11.3 Å². The number of likely N-dealkylation sites (N-methyl/N-ethyl adjacent to an activating group) is 1. The fraction of sp³-hybridized carbons (Fsp3) is 0.409. The molecule has 1 aromatic carbocycles. The van der Waals surface area contributed by atoms with E-state index in [4.69, 9.17) is 4.74 Å². The van der Waals surface area contributed by atoms with Gasteiger partial charge in [-0.25, -0.2) is 4.98 Å². The molecule has 0 saturated carbocycles. The van der Waals surface area contributed by atoms with Crippen molar-refractivity contribution in [2.24, 2.45) is 0 Å². The number of aryl methyl sites for hydroxylation is 5. The Bertz CT molecular complexity index is 1080. The molecule has 0 radical (unpaired) electrons. The third kappa shape index (κ3) is 4.85. The number of rotatable bonds is 7. The summed E-state index contributed by atoms with van der Waals surface area (Å²) in [6, 6.07) is 6.06. The topological polar surface area (TPSA) is 64.4 Å². The molecule has 154 valence electrons. The molecule has 0 aliphatic heterocycles. The number of nitrogens with zero attached hydrogens (tertiary/aromatic N) is 3. The number of benzene rings is 1. The van der Waals surface area contributed by atoms with E-state index in [0.717, 1.165) is 32.1 Å². The summed E-state index contributed by atoms with van der Waals surface area (Å²) in [5.74, 6) is 0.787. The first-order valence-corrected chi connectivity index (χ1v) is 10.5.